The maximum atomic E-state index is 13.1. The van der Waals surface area contributed by atoms with Crippen LogP contribution in [0, 0.1) is 0 Å². The van der Waals surface area contributed by atoms with Gasteiger partial charge in [0.2, 0.25) is 0 Å². The quantitative estimate of drug-likeness (QED) is 0.236. The Morgan fingerprint density at radius 1 is 0.719 bits per heavy atom. The summed E-state index contributed by atoms with van der Waals surface area (Å²) < 4.78 is 69.3. The van der Waals surface area contributed by atoms with E-state index in [9.17, 15) is 35.5 Å². The van der Waals surface area contributed by atoms with Crippen LogP contribution in [0.4, 0.5) is 0 Å². The zero-order valence-electron chi connectivity index (χ0n) is 17.0. The van der Waals surface area contributed by atoms with E-state index >= 15 is 0 Å². The van der Waals surface area contributed by atoms with Crippen LogP contribution in [-0.2, 0) is 20.2 Å². The molecule has 10 heteroatoms. The van der Waals surface area contributed by atoms with Crippen LogP contribution in [0.3, 0.4) is 0 Å². The van der Waals surface area contributed by atoms with Gasteiger partial charge in [0, 0.05) is 10.9 Å². The topological polar surface area (TPSA) is 143 Å². The minimum absolute atomic E-state index is 0.0730. The Labute approximate surface area is 184 Å². The molecule has 3 aromatic rings. The van der Waals surface area contributed by atoms with Crippen molar-refractivity contribution < 1.29 is 35.5 Å². The predicted molar refractivity (Wildman–Crippen MR) is 119 cm³/mol. The maximum Gasteiger partial charge on any atom is 0.296 e. The number of carbonyl (C=O) groups is 2. The molecule has 3 rings (SSSR count). The minimum atomic E-state index is -5.44. The van der Waals surface area contributed by atoms with Crippen LogP contribution in [0.25, 0.3) is 21.5 Å². The highest BCUT2D eigenvalue weighted by Crippen LogP contribution is 2.40. The van der Waals surface area contributed by atoms with Crippen molar-refractivity contribution in [3.8, 4) is 0 Å². The normalized spacial score (nSPS) is 12.1. The summed E-state index contributed by atoms with van der Waals surface area (Å²) in [7, 11) is -10.7. The average Bonchev–Trinajstić information content (AvgIpc) is 2.67. The molecule has 32 heavy (non-hydrogen) atoms. The van der Waals surface area contributed by atoms with Gasteiger partial charge in [0.15, 0.2) is 11.6 Å². The van der Waals surface area contributed by atoms with Gasteiger partial charge in [-0.3, -0.25) is 18.7 Å². The van der Waals surface area contributed by atoms with Gasteiger partial charge in [-0.25, -0.2) is 0 Å². The third-order valence-corrected chi connectivity index (χ3v) is 6.82. The van der Waals surface area contributed by atoms with Crippen LogP contribution in [0.5, 0.6) is 0 Å². The summed E-state index contributed by atoms with van der Waals surface area (Å²) in [5, 5.41) is 0.535. The zero-order valence-corrected chi connectivity index (χ0v) is 18.7. The lowest BCUT2D eigenvalue weighted by molar-refractivity contribution is 0.0997. The summed E-state index contributed by atoms with van der Waals surface area (Å²) in [6, 6.07) is 9.25. The van der Waals surface area contributed by atoms with E-state index < -0.39 is 52.7 Å². The van der Waals surface area contributed by atoms with Crippen LogP contribution in [-0.4, -0.2) is 37.5 Å². The molecule has 166 valence electrons. The number of allylic oxidation sites excluding steroid dienone is 2. The first-order chi connectivity index (χ1) is 14.7. The number of carbonyl (C=O) groups excluding carboxylic acids is 2. The minimum Gasteiger partial charge on any atom is -0.289 e. The van der Waals surface area contributed by atoms with Crippen molar-refractivity contribution in [2.75, 3.05) is 0 Å². The summed E-state index contributed by atoms with van der Waals surface area (Å²) in [4.78, 5) is 23.5. The zero-order chi connectivity index (χ0) is 24.2. The Bertz CT molecular complexity index is 1590. The van der Waals surface area contributed by atoms with E-state index in [-0.39, 0.29) is 21.9 Å². The second kappa shape index (κ2) is 7.75. The Hall–Kier alpha value is -3.18. The molecular weight excluding hydrogens is 456 g/mol. The van der Waals surface area contributed by atoms with Crippen molar-refractivity contribution in [1.82, 2.24) is 0 Å². The second-order valence-corrected chi connectivity index (χ2v) is 10.0. The van der Waals surface area contributed by atoms with Crippen LogP contribution >= 0.6 is 0 Å². The molecule has 0 radical (unpaired) electrons. The second-order valence-electron chi connectivity index (χ2n) is 7.32. The number of Topliss-reactive ketones (excluding diaryl/α,β-unsaturated/α-hetero) is 2. The molecule has 0 aliphatic carbocycles. The number of benzene rings is 3. The molecule has 0 aromatic heterocycles. The smallest absolute Gasteiger partial charge is 0.289 e. The molecule has 0 aliphatic rings. The first-order valence-corrected chi connectivity index (χ1v) is 11.9. The predicted octanol–water partition coefficient (Wildman–Crippen LogP) is 4.00. The fraction of sp³-hybridized carbons (Fsp3) is 0.0909. The lowest BCUT2D eigenvalue weighted by atomic mass is 9.88. The maximum absolute atomic E-state index is 13.1. The largest absolute Gasteiger partial charge is 0.296 e. The summed E-state index contributed by atoms with van der Waals surface area (Å²) in [5.74, 6) is -1.94. The van der Waals surface area contributed by atoms with Crippen molar-refractivity contribution in [2.24, 2.45) is 0 Å². The molecule has 0 aliphatic heterocycles. The summed E-state index contributed by atoms with van der Waals surface area (Å²) >= 11 is 0. The lowest BCUT2D eigenvalue weighted by Gasteiger charge is -2.19. The van der Waals surface area contributed by atoms with Crippen LogP contribution in [0.1, 0.15) is 34.6 Å². The van der Waals surface area contributed by atoms with Gasteiger partial charge in [0.05, 0.1) is 5.56 Å². The SMILES string of the molecule is C=C(C)C(=O)c1c(S(=O)(=O)O)c(S(=O)(=O)O)c2cc3ccccc3cc2c1C(=O)C(=C)C. The Balaban J connectivity index is 2.89. The van der Waals surface area contributed by atoms with E-state index in [1.165, 1.54) is 26.0 Å². The van der Waals surface area contributed by atoms with E-state index in [0.717, 1.165) is 0 Å². The highest BCUT2D eigenvalue weighted by Gasteiger charge is 2.37. The summed E-state index contributed by atoms with van der Waals surface area (Å²) in [6.07, 6.45) is 0. The number of rotatable bonds is 6. The molecule has 0 spiro atoms. The number of ketones is 2. The lowest BCUT2D eigenvalue weighted by Crippen LogP contribution is -2.20. The first kappa shape index (κ1) is 23.5. The molecule has 0 fully saturated rings. The van der Waals surface area contributed by atoms with Gasteiger partial charge < -0.3 is 0 Å². The van der Waals surface area contributed by atoms with Crippen molar-refractivity contribution in [3.05, 3.63) is 71.8 Å². The molecule has 0 amide bonds. The van der Waals surface area contributed by atoms with Gasteiger partial charge in [0.1, 0.15) is 9.79 Å². The highest BCUT2D eigenvalue weighted by molar-refractivity contribution is 7.89. The third kappa shape index (κ3) is 3.89. The van der Waals surface area contributed by atoms with Crippen molar-refractivity contribution in [1.29, 1.82) is 0 Å². The molecule has 2 N–H and O–H groups in total. The number of hydrogen-bond donors (Lipinski definition) is 2. The molecule has 0 atom stereocenters. The number of fused-ring (bicyclic) bond motifs is 2. The molecule has 0 unspecified atom stereocenters. The molecule has 0 heterocycles. The Morgan fingerprint density at radius 2 is 1.12 bits per heavy atom. The Kier molecular flexibility index (Phi) is 5.69. The van der Waals surface area contributed by atoms with Crippen LogP contribution < -0.4 is 0 Å². The summed E-state index contributed by atoms with van der Waals surface area (Å²) in [6.45, 7) is 9.55. The van der Waals surface area contributed by atoms with Gasteiger partial charge in [-0.05, 0) is 53.3 Å². The van der Waals surface area contributed by atoms with E-state index in [2.05, 4.69) is 13.2 Å². The van der Waals surface area contributed by atoms with Crippen molar-refractivity contribution in [3.63, 3.8) is 0 Å². The monoisotopic (exact) mass is 474 g/mol. The molecule has 0 bridgehead atoms. The van der Waals surface area contributed by atoms with Gasteiger partial charge >= 0.3 is 0 Å². The van der Waals surface area contributed by atoms with Crippen LogP contribution in [0.2, 0.25) is 0 Å². The van der Waals surface area contributed by atoms with E-state index in [1.54, 1.807) is 24.3 Å². The third-order valence-electron chi connectivity index (χ3n) is 4.83. The first-order valence-electron chi connectivity index (χ1n) is 9.04. The molecule has 0 saturated carbocycles. The molecular formula is C22H18O8S2. The fourth-order valence-corrected chi connectivity index (χ4v) is 5.71. The Morgan fingerprint density at radius 3 is 1.53 bits per heavy atom. The standard InChI is InChI=1S/C22H18O8S2/c1-11(2)19(23)17-15-9-13-7-5-6-8-14(13)10-16(15)21(31(25,26)27)22(32(28,29)30)18(17)20(24)12(3)4/h5-10H,1,3H2,2,4H3,(H,25,26,27)(H,28,29,30). The van der Waals surface area contributed by atoms with Gasteiger partial charge in [0.25, 0.3) is 20.2 Å². The summed E-state index contributed by atoms with van der Waals surface area (Å²) in [5.41, 5.74) is -1.67. The number of hydrogen-bond acceptors (Lipinski definition) is 6. The van der Waals surface area contributed by atoms with Crippen LogP contribution in [0.15, 0.2) is 70.5 Å². The molecule has 0 saturated heterocycles. The van der Waals surface area contributed by atoms with Crippen molar-refractivity contribution >= 4 is 53.3 Å². The fourth-order valence-electron chi connectivity index (χ4n) is 3.50. The van der Waals surface area contributed by atoms with Gasteiger partial charge in [-0.1, -0.05) is 37.4 Å². The highest BCUT2D eigenvalue weighted by atomic mass is 32.2. The van der Waals surface area contributed by atoms with Gasteiger partial charge in [-0.2, -0.15) is 16.8 Å². The van der Waals surface area contributed by atoms with E-state index in [1.807, 2.05) is 0 Å². The molecule has 8 nitrogen and oxygen atoms in total. The van der Waals surface area contributed by atoms with E-state index in [0.29, 0.717) is 10.8 Å². The average molecular weight is 475 g/mol. The van der Waals surface area contributed by atoms with Crippen molar-refractivity contribution in [2.45, 2.75) is 23.6 Å². The van der Waals surface area contributed by atoms with E-state index in [4.69, 9.17) is 0 Å². The van der Waals surface area contributed by atoms with Gasteiger partial charge in [-0.15, -0.1) is 0 Å². The molecule has 3 aromatic carbocycles.